The molecular formula is C14H18ClN3O2S. The lowest BCUT2D eigenvalue weighted by atomic mass is 10.1. The van der Waals surface area contributed by atoms with Gasteiger partial charge in [-0.05, 0) is 45.1 Å². The van der Waals surface area contributed by atoms with Crippen molar-refractivity contribution in [2.45, 2.75) is 23.8 Å². The van der Waals surface area contributed by atoms with E-state index >= 15 is 0 Å². The zero-order valence-electron chi connectivity index (χ0n) is 12.1. The number of sulfonamides is 1. The Morgan fingerprint density at radius 2 is 2.14 bits per heavy atom. The van der Waals surface area contributed by atoms with E-state index < -0.39 is 10.0 Å². The zero-order chi connectivity index (χ0) is 15.6. The van der Waals surface area contributed by atoms with Crippen LogP contribution in [0.25, 0.3) is 0 Å². The lowest BCUT2D eigenvalue weighted by Gasteiger charge is -2.35. The highest BCUT2D eigenvalue weighted by Crippen LogP contribution is 2.28. The van der Waals surface area contributed by atoms with Crippen LogP contribution in [0.5, 0.6) is 0 Å². The summed E-state index contributed by atoms with van der Waals surface area (Å²) in [6.07, 6.45) is 1.79. The quantitative estimate of drug-likeness (QED) is 0.851. The Morgan fingerprint density at radius 3 is 2.76 bits per heavy atom. The summed E-state index contributed by atoms with van der Waals surface area (Å²) in [6, 6.07) is 6.46. The second kappa shape index (κ2) is 6.32. The summed E-state index contributed by atoms with van der Waals surface area (Å²) < 4.78 is 27.0. The Balaban J connectivity index is 2.36. The molecule has 21 heavy (non-hydrogen) atoms. The number of halogens is 1. The first-order chi connectivity index (χ1) is 9.86. The van der Waals surface area contributed by atoms with E-state index in [1.54, 1.807) is 0 Å². The Hall–Kier alpha value is -1.13. The van der Waals surface area contributed by atoms with E-state index in [4.69, 9.17) is 16.9 Å². The number of nitriles is 1. The molecule has 1 unspecified atom stereocenters. The van der Waals surface area contributed by atoms with Crippen LogP contribution in [0.1, 0.15) is 18.4 Å². The highest BCUT2D eigenvalue weighted by Gasteiger charge is 2.32. The van der Waals surface area contributed by atoms with Crippen LogP contribution in [0.3, 0.4) is 0 Å². The van der Waals surface area contributed by atoms with Gasteiger partial charge < -0.3 is 4.90 Å². The molecule has 1 heterocycles. The van der Waals surface area contributed by atoms with Crippen LogP contribution >= 0.6 is 11.6 Å². The van der Waals surface area contributed by atoms with E-state index in [0.29, 0.717) is 18.7 Å². The second-order valence-corrected chi connectivity index (χ2v) is 7.69. The Labute approximate surface area is 130 Å². The Morgan fingerprint density at radius 1 is 1.43 bits per heavy atom. The average molecular weight is 328 g/mol. The predicted molar refractivity (Wildman–Crippen MR) is 81.6 cm³/mol. The van der Waals surface area contributed by atoms with Crippen molar-refractivity contribution in [1.29, 1.82) is 5.26 Å². The molecule has 0 aliphatic carbocycles. The summed E-state index contributed by atoms with van der Waals surface area (Å²) >= 11 is 6.03. The molecule has 0 spiro atoms. The number of likely N-dealkylation sites (N-methyl/N-ethyl adjacent to an activating group) is 1. The van der Waals surface area contributed by atoms with Gasteiger partial charge in [0.2, 0.25) is 10.0 Å². The normalized spacial score (nSPS) is 20.4. The van der Waals surface area contributed by atoms with Crippen LogP contribution in [0.4, 0.5) is 0 Å². The van der Waals surface area contributed by atoms with Gasteiger partial charge in [0.1, 0.15) is 4.90 Å². The SMILES string of the molecule is CN(C)C1CCCN(S(=O)(=O)c2cc(C#N)ccc2Cl)C1. The molecule has 1 aromatic carbocycles. The average Bonchev–Trinajstić information content (AvgIpc) is 2.47. The Kier molecular flexibility index (Phi) is 4.89. The lowest BCUT2D eigenvalue weighted by Crippen LogP contribution is -2.47. The minimum absolute atomic E-state index is 0.0163. The van der Waals surface area contributed by atoms with Crippen molar-refractivity contribution in [3.05, 3.63) is 28.8 Å². The first-order valence-electron chi connectivity index (χ1n) is 6.72. The number of benzene rings is 1. The molecule has 2 rings (SSSR count). The fourth-order valence-corrected chi connectivity index (χ4v) is 4.49. The van der Waals surface area contributed by atoms with Gasteiger partial charge >= 0.3 is 0 Å². The smallest absolute Gasteiger partial charge is 0.244 e. The maximum Gasteiger partial charge on any atom is 0.244 e. The largest absolute Gasteiger partial charge is 0.305 e. The summed E-state index contributed by atoms with van der Waals surface area (Å²) in [4.78, 5) is 2.05. The van der Waals surface area contributed by atoms with Gasteiger partial charge in [0.05, 0.1) is 16.7 Å². The maximum absolute atomic E-state index is 12.8. The fraction of sp³-hybridized carbons (Fsp3) is 0.500. The summed E-state index contributed by atoms with van der Waals surface area (Å²) in [7, 11) is 0.229. The van der Waals surface area contributed by atoms with Crippen molar-refractivity contribution < 1.29 is 8.42 Å². The van der Waals surface area contributed by atoms with Gasteiger partial charge in [0.15, 0.2) is 0 Å². The minimum Gasteiger partial charge on any atom is -0.305 e. The first kappa shape index (κ1) is 16.2. The van der Waals surface area contributed by atoms with Gasteiger partial charge in [0, 0.05) is 19.1 Å². The van der Waals surface area contributed by atoms with E-state index in [2.05, 4.69) is 0 Å². The van der Waals surface area contributed by atoms with Gasteiger partial charge in [-0.2, -0.15) is 9.57 Å². The van der Waals surface area contributed by atoms with Crippen LogP contribution in [0, 0.1) is 11.3 Å². The van der Waals surface area contributed by atoms with Crippen molar-refractivity contribution in [2.75, 3.05) is 27.2 Å². The van der Waals surface area contributed by atoms with Crippen LogP contribution in [-0.4, -0.2) is 50.8 Å². The van der Waals surface area contributed by atoms with Crippen LogP contribution in [0.2, 0.25) is 5.02 Å². The third-order valence-corrected chi connectivity index (χ3v) is 6.11. The number of rotatable bonds is 3. The molecule has 0 bridgehead atoms. The molecule has 0 amide bonds. The monoisotopic (exact) mass is 327 g/mol. The molecule has 1 atom stereocenters. The molecule has 1 saturated heterocycles. The van der Waals surface area contributed by atoms with Crippen molar-refractivity contribution in [3.63, 3.8) is 0 Å². The van der Waals surface area contributed by atoms with E-state index in [-0.39, 0.29) is 16.0 Å². The summed E-state index contributed by atoms with van der Waals surface area (Å²) in [6.45, 7) is 0.933. The third kappa shape index (κ3) is 3.38. The van der Waals surface area contributed by atoms with Crippen molar-refractivity contribution in [3.8, 4) is 6.07 Å². The molecule has 7 heteroatoms. The molecule has 114 valence electrons. The fourth-order valence-electron chi connectivity index (χ4n) is 2.47. The third-order valence-electron chi connectivity index (χ3n) is 3.77. The van der Waals surface area contributed by atoms with E-state index in [0.717, 1.165) is 12.8 Å². The summed E-state index contributed by atoms with van der Waals surface area (Å²) in [5, 5.41) is 9.09. The molecule has 1 aromatic rings. The van der Waals surface area contributed by atoms with E-state index in [1.807, 2.05) is 25.1 Å². The van der Waals surface area contributed by atoms with Crippen molar-refractivity contribution in [1.82, 2.24) is 9.21 Å². The van der Waals surface area contributed by atoms with E-state index in [9.17, 15) is 8.42 Å². The molecule has 1 aliphatic rings. The maximum atomic E-state index is 12.8. The van der Waals surface area contributed by atoms with Gasteiger partial charge in [-0.15, -0.1) is 0 Å². The predicted octanol–water partition coefficient (Wildman–Crippen LogP) is 1.93. The highest BCUT2D eigenvalue weighted by atomic mass is 35.5. The molecule has 0 radical (unpaired) electrons. The Bertz CT molecular complexity index is 667. The van der Waals surface area contributed by atoms with Crippen molar-refractivity contribution >= 4 is 21.6 Å². The van der Waals surface area contributed by atoms with Crippen LogP contribution in [0.15, 0.2) is 23.1 Å². The second-order valence-electron chi connectivity index (χ2n) is 5.38. The van der Waals surface area contributed by atoms with Gasteiger partial charge in [-0.3, -0.25) is 0 Å². The number of nitrogens with zero attached hydrogens (tertiary/aromatic N) is 3. The lowest BCUT2D eigenvalue weighted by molar-refractivity contribution is 0.190. The molecule has 1 fully saturated rings. The summed E-state index contributed by atoms with van der Waals surface area (Å²) in [5.41, 5.74) is 0.291. The van der Waals surface area contributed by atoms with Gasteiger partial charge in [-0.1, -0.05) is 11.6 Å². The van der Waals surface area contributed by atoms with Crippen molar-refractivity contribution in [2.24, 2.45) is 0 Å². The number of piperidine rings is 1. The molecule has 1 aliphatic heterocycles. The van der Waals surface area contributed by atoms with Crippen LogP contribution in [-0.2, 0) is 10.0 Å². The number of hydrogen-bond acceptors (Lipinski definition) is 4. The van der Waals surface area contributed by atoms with E-state index in [1.165, 1.54) is 22.5 Å². The molecule has 0 N–H and O–H groups in total. The van der Waals surface area contributed by atoms with Gasteiger partial charge in [0.25, 0.3) is 0 Å². The molecular weight excluding hydrogens is 310 g/mol. The molecule has 5 nitrogen and oxygen atoms in total. The van der Waals surface area contributed by atoms with Gasteiger partial charge in [-0.25, -0.2) is 8.42 Å². The first-order valence-corrected chi connectivity index (χ1v) is 8.54. The van der Waals surface area contributed by atoms with Crippen LogP contribution < -0.4 is 0 Å². The highest BCUT2D eigenvalue weighted by molar-refractivity contribution is 7.89. The topological polar surface area (TPSA) is 64.4 Å². The minimum atomic E-state index is -3.67. The number of hydrogen-bond donors (Lipinski definition) is 0. The molecule has 0 aromatic heterocycles. The molecule has 0 saturated carbocycles. The zero-order valence-corrected chi connectivity index (χ0v) is 13.7. The standard InChI is InChI=1S/C14H18ClN3O2S/c1-17(2)12-4-3-7-18(10-12)21(19,20)14-8-11(9-16)5-6-13(14)15/h5-6,8,12H,3-4,7,10H2,1-2H3. The summed E-state index contributed by atoms with van der Waals surface area (Å²) in [5.74, 6) is 0.